The minimum Gasteiger partial charge on any atom is -0.496 e. The molecule has 2 N–H and O–H groups in total. The van der Waals surface area contributed by atoms with Gasteiger partial charge in [-0.05, 0) is 55.6 Å². The van der Waals surface area contributed by atoms with Crippen LogP contribution in [0.4, 0.5) is 16.4 Å². The van der Waals surface area contributed by atoms with Crippen LogP contribution in [0.3, 0.4) is 0 Å². The van der Waals surface area contributed by atoms with Crippen LogP contribution in [0, 0.1) is 10.1 Å². The number of ether oxygens (including phenoxy) is 2. The van der Waals surface area contributed by atoms with E-state index in [1.54, 1.807) is 6.07 Å². The Hall–Kier alpha value is -2.72. The summed E-state index contributed by atoms with van der Waals surface area (Å²) in [4.78, 5) is 24.5. The number of fused-ring (bicyclic) bond motifs is 1. The Morgan fingerprint density at radius 3 is 2.57 bits per heavy atom. The van der Waals surface area contributed by atoms with Gasteiger partial charge in [-0.15, -0.1) is 11.3 Å². The van der Waals surface area contributed by atoms with Gasteiger partial charge < -0.3 is 20.1 Å². The van der Waals surface area contributed by atoms with Crippen LogP contribution in [0.5, 0.6) is 5.75 Å². The molecule has 30 heavy (non-hydrogen) atoms. The number of nitro benzene ring substituents is 1. The highest BCUT2D eigenvalue weighted by molar-refractivity contribution is 7.80. The highest BCUT2D eigenvalue weighted by atomic mass is 32.1. The second kappa shape index (κ2) is 9.86. The molecule has 0 atom stereocenters. The minimum absolute atomic E-state index is 0.155. The van der Waals surface area contributed by atoms with Crippen molar-refractivity contribution in [3.8, 4) is 5.75 Å². The molecule has 0 radical (unpaired) electrons. The second-order valence-electron chi connectivity index (χ2n) is 6.83. The number of benzene rings is 1. The summed E-state index contributed by atoms with van der Waals surface area (Å²) in [6.45, 7) is 0. The molecular weight excluding hydrogens is 426 g/mol. The molecule has 8 nitrogen and oxygen atoms in total. The maximum atomic E-state index is 12.5. The number of nitrogens with one attached hydrogen (secondary N) is 2. The van der Waals surface area contributed by atoms with E-state index in [0.717, 1.165) is 42.5 Å². The Morgan fingerprint density at radius 2 is 1.90 bits per heavy atom. The van der Waals surface area contributed by atoms with E-state index in [2.05, 4.69) is 10.6 Å². The predicted octanol–water partition coefficient (Wildman–Crippen LogP) is 4.92. The van der Waals surface area contributed by atoms with E-state index in [1.165, 1.54) is 44.1 Å². The van der Waals surface area contributed by atoms with Crippen molar-refractivity contribution >= 4 is 51.0 Å². The predicted molar refractivity (Wildman–Crippen MR) is 121 cm³/mol. The number of thiophene rings is 1. The Kier molecular flexibility index (Phi) is 7.22. The lowest BCUT2D eigenvalue weighted by atomic mass is 9.96. The van der Waals surface area contributed by atoms with Crippen LogP contribution in [0.15, 0.2) is 18.2 Å². The van der Waals surface area contributed by atoms with Crippen LogP contribution in [0.1, 0.15) is 46.5 Å². The van der Waals surface area contributed by atoms with E-state index in [9.17, 15) is 14.9 Å². The van der Waals surface area contributed by atoms with Crippen LogP contribution in [0.2, 0.25) is 0 Å². The maximum absolute atomic E-state index is 12.5. The monoisotopic (exact) mass is 449 g/mol. The summed E-state index contributed by atoms with van der Waals surface area (Å²) < 4.78 is 10.1. The van der Waals surface area contributed by atoms with Crippen molar-refractivity contribution in [2.24, 2.45) is 0 Å². The number of aryl methyl sites for hydroxylation is 1. The summed E-state index contributed by atoms with van der Waals surface area (Å²) in [7, 11) is 2.80. The lowest BCUT2D eigenvalue weighted by Gasteiger charge is -2.12. The van der Waals surface area contributed by atoms with Crippen molar-refractivity contribution in [2.45, 2.75) is 38.5 Å². The molecule has 1 heterocycles. The molecule has 0 unspecified atom stereocenters. The number of hydrogen-bond acceptors (Lipinski definition) is 7. The third-order valence-electron chi connectivity index (χ3n) is 4.94. The fourth-order valence-electron chi connectivity index (χ4n) is 3.48. The summed E-state index contributed by atoms with van der Waals surface area (Å²) in [5, 5.41) is 18.1. The number of anilines is 2. The molecule has 1 aliphatic rings. The number of esters is 1. The first-order valence-electron chi connectivity index (χ1n) is 9.58. The van der Waals surface area contributed by atoms with E-state index in [4.69, 9.17) is 21.7 Å². The standard InChI is InChI=1S/C20H23N3O5S2/c1-27-12-9-10-14(15(11-12)23(25)26)21-20(29)22-18-17(19(24)28-2)13-7-5-3-4-6-8-16(13)30-18/h9-11H,3-8H2,1-2H3,(H2,21,22,29). The zero-order valence-corrected chi connectivity index (χ0v) is 18.4. The van der Waals surface area contributed by atoms with Gasteiger partial charge in [0.15, 0.2) is 5.11 Å². The van der Waals surface area contributed by atoms with Crippen LogP contribution in [-0.4, -0.2) is 30.2 Å². The molecule has 2 aromatic rings. The first kappa shape index (κ1) is 22.0. The molecule has 1 aromatic heterocycles. The number of carbonyl (C=O) groups excluding carboxylic acids is 1. The minimum atomic E-state index is -0.510. The van der Waals surface area contributed by atoms with Crippen molar-refractivity contribution in [1.82, 2.24) is 0 Å². The van der Waals surface area contributed by atoms with Crippen molar-refractivity contribution in [2.75, 3.05) is 24.9 Å². The first-order chi connectivity index (χ1) is 14.4. The molecule has 0 bridgehead atoms. The van der Waals surface area contributed by atoms with Gasteiger partial charge >= 0.3 is 5.97 Å². The fraction of sp³-hybridized carbons (Fsp3) is 0.400. The van der Waals surface area contributed by atoms with Gasteiger partial charge in [0.1, 0.15) is 16.4 Å². The number of rotatable bonds is 5. The third kappa shape index (κ3) is 4.88. The van der Waals surface area contributed by atoms with E-state index < -0.39 is 10.9 Å². The highest BCUT2D eigenvalue weighted by Crippen LogP contribution is 2.38. The van der Waals surface area contributed by atoms with E-state index in [0.29, 0.717) is 16.3 Å². The Morgan fingerprint density at radius 1 is 1.17 bits per heavy atom. The molecule has 0 amide bonds. The number of carbonyl (C=O) groups is 1. The molecule has 3 rings (SSSR count). The molecule has 0 spiro atoms. The van der Waals surface area contributed by atoms with Gasteiger partial charge in [-0.25, -0.2) is 4.79 Å². The highest BCUT2D eigenvalue weighted by Gasteiger charge is 2.26. The third-order valence-corrected chi connectivity index (χ3v) is 6.35. The summed E-state index contributed by atoms with van der Waals surface area (Å²) in [5.41, 5.74) is 1.60. The largest absolute Gasteiger partial charge is 0.496 e. The lowest BCUT2D eigenvalue weighted by Crippen LogP contribution is -2.21. The molecule has 0 saturated carbocycles. The molecule has 10 heteroatoms. The molecule has 0 fully saturated rings. The number of methoxy groups -OCH3 is 2. The SMILES string of the molecule is COC(=O)c1c(NC(=S)Nc2ccc(OC)cc2[N+](=O)[O-])sc2c1CCCCCC2. The molecule has 0 saturated heterocycles. The smallest absolute Gasteiger partial charge is 0.341 e. The second-order valence-corrected chi connectivity index (χ2v) is 8.35. The van der Waals surface area contributed by atoms with Crippen LogP contribution in [-0.2, 0) is 17.6 Å². The summed E-state index contributed by atoms with van der Waals surface area (Å²) in [6.07, 6.45) is 6.15. The Labute approximate surface area is 183 Å². The van der Waals surface area contributed by atoms with Crippen LogP contribution in [0.25, 0.3) is 0 Å². The molecule has 1 aliphatic carbocycles. The van der Waals surface area contributed by atoms with Crippen molar-refractivity contribution in [3.05, 3.63) is 44.3 Å². The van der Waals surface area contributed by atoms with Gasteiger partial charge in [0.2, 0.25) is 0 Å². The molecule has 0 aliphatic heterocycles. The van der Waals surface area contributed by atoms with Crippen LogP contribution >= 0.6 is 23.6 Å². The Balaban J connectivity index is 1.87. The van der Waals surface area contributed by atoms with Gasteiger partial charge in [0.25, 0.3) is 5.69 Å². The van der Waals surface area contributed by atoms with E-state index >= 15 is 0 Å². The quantitative estimate of drug-likeness (QED) is 0.287. The van der Waals surface area contributed by atoms with Crippen LogP contribution < -0.4 is 15.4 Å². The Bertz CT molecular complexity index is 974. The van der Waals surface area contributed by atoms with E-state index in [-0.39, 0.29) is 16.5 Å². The summed E-state index contributed by atoms with van der Waals surface area (Å²) in [5.74, 6) is -0.0361. The van der Waals surface area contributed by atoms with Crippen molar-refractivity contribution in [1.29, 1.82) is 0 Å². The average Bonchev–Trinajstić information content (AvgIpc) is 3.03. The van der Waals surface area contributed by atoms with Gasteiger partial charge in [0, 0.05) is 4.88 Å². The summed E-state index contributed by atoms with van der Waals surface area (Å²) >= 11 is 6.87. The molecule has 160 valence electrons. The zero-order chi connectivity index (χ0) is 21.7. The number of thiocarbonyl (C=S) groups is 1. The zero-order valence-electron chi connectivity index (χ0n) is 16.8. The summed E-state index contributed by atoms with van der Waals surface area (Å²) in [6, 6.07) is 4.45. The molecule has 1 aromatic carbocycles. The lowest BCUT2D eigenvalue weighted by molar-refractivity contribution is -0.384. The van der Waals surface area contributed by atoms with Gasteiger partial charge in [-0.1, -0.05) is 12.8 Å². The first-order valence-corrected chi connectivity index (χ1v) is 10.8. The fourth-order valence-corrected chi connectivity index (χ4v) is 5.04. The maximum Gasteiger partial charge on any atom is 0.341 e. The average molecular weight is 450 g/mol. The number of nitro groups is 1. The van der Waals surface area contributed by atoms with Gasteiger partial charge in [0.05, 0.1) is 30.8 Å². The number of hydrogen-bond donors (Lipinski definition) is 2. The van der Waals surface area contributed by atoms with Gasteiger partial charge in [-0.3, -0.25) is 10.1 Å². The topological polar surface area (TPSA) is 103 Å². The van der Waals surface area contributed by atoms with Crippen molar-refractivity contribution < 1.29 is 19.2 Å². The van der Waals surface area contributed by atoms with E-state index in [1.807, 2.05) is 0 Å². The number of nitrogens with zero attached hydrogens (tertiary/aromatic N) is 1. The van der Waals surface area contributed by atoms with Gasteiger partial charge in [-0.2, -0.15) is 0 Å². The molecular formula is C20H23N3O5S2. The normalized spacial score (nSPS) is 13.4. The van der Waals surface area contributed by atoms with Crippen molar-refractivity contribution in [3.63, 3.8) is 0 Å².